The molecule has 1 N–H and O–H groups in total. The van der Waals surface area contributed by atoms with Crippen molar-refractivity contribution < 1.29 is 0 Å². The molecule has 0 saturated heterocycles. The number of aryl methyl sites for hydroxylation is 2. The molecule has 2 aromatic rings. The minimum atomic E-state index is 0.0964. The highest BCUT2D eigenvalue weighted by atomic mass is 35.5. The topological polar surface area (TPSA) is 32.9 Å². The first-order valence-electron chi connectivity index (χ1n) is 5.93. The molecule has 0 aliphatic carbocycles. The van der Waals surface area contributed by atoms with Gasteiger partial charge in [0.05, 0.1) is 0 Å². The molecule has 3 heteroatoms. The van der Waals surface area contributed by atoms with Crippen molar-refractivity contribution in [2.45, 2.75) is 27.2 Å². The molecule has 2 nitrogen and oxygen atoms in total. The van der Waals surface area contributed by atoms with Crippen molar-refractivity contribution in [1.29, 1.82) is 0 Å². The molecule has 0 amide bonds. The summed E-state index contributed by atoms with van der Waals surface area (Å²) in [5.41, 5.74) is 3.77. The number of aromatic amines is 1. The van der Waals surface area contributed by atoms with E-state index in [4.69, 9.17) is 11.6 Å². The highest BCUT2D eigenvalue weighted by Crippen LogP contribution is 2.14. The molecule has 0 aliphatic rings. The smallest absolute Gasteiger partial charge is 0.193 e. The largest absolute Gasteiger partial charge is 0.358 e. The Morgan fingerprint density at radius 1 is 1.39 bits per heavy atom. The van der Waals surface area contributed by atoms with Crippen molar-refractivity contribution in [1.82, 2.24) is 4.98 Å². The third-order valence-electron chi connectivity index (χ3n) is 3.06. The number of nitrogens with one attached hydrogen (secondary N) is 1. The van der Waals surface area contributed by atoms with Gasteiger partial charge in [0, 0.05) is 27.2 Å². The molecule has 94 valence electrons. The molecule has 1 aromatic heterocycles. The molecule has 1 heterocycles. The van der Waals surface area contributed by atoms with Crippen molar-refractivity contribution in [3.05, 3.63) is 56.4 Å². The normalized spacial score (nSPS) is 12.1. The average molecular weight is 262 g/mol. The first kappa shape index (κ1) is 12.9. The summed E-state index contributed by atoms with van der Waals surface area (Å²) < 4.78 is 0. The Labute approximate surface area is 111 Å². The third-order valence-corrected chi connectivity index (χ3v) is 3.21. The molecule has 18 heavy (non-hydrogen) atoms. The van der Waals surface area contributed by atoms with Crippen LogP contribution in [0.4, 0.5) is 0 Å². The number of allylic oxidation sites excluding steroid dienone is 2. The fraction of sp³-hybridized carbons (Fsp3) is 0.267. The predicted octanol–water partition coefficient (Wildman–Crippen LogP) is 3.83. The second-order valence-corrected chi connectivity index (χ2v) is 5.20. The lowest BCUT2D eigenvalue weighted by molar-refractivity contribution is 1.11. The van der Waals surface area contributed by atoms with Crippen LogP contribution in [0.25, 0.3) is 10.9 Å². The van der Waals surface area contributed by atoms with Crippen LogP contribution in [-0.2, 0) is 6.42 Å². The number of H-pyrrole nitrogens is 1. The van der Waals surface area contributed by atoms with E-state index in [-0.39, 0.29) is 5.43 Å². The van der Waals surface area contributed by atoms with Crippen LogP contribution < -0.4 is 5.43 Å². The highest BCUT2D eigenvalue weighted by Gasteiger charge is 2.08. The molecule has 0 atom stereocenters. The number of pyridine rings is 1. The zero-order valence-corrected chi connectivity index (χ0v) is 11.6. The Morgan fingerprint density at radius 2 is 2.11 bits per heavy atom. The SMILES string of the molecule is C/C(Cl)=C\Cc1c(C)[nH]c2ccc(C)cc2c1=O. The average Bonchev–Trinajstić information content (AvgIpc) is 2.30. The monoisotopic (exact) mass is 261 g/mol. The second-order valence-electron chi connectivity index (χ2n) is 4.60. The van der Waals surface area contributed by atoms with Gasteiger partial charge in [-0.1, -0.05) is 29.3 Å². The molecule has 0 spiro atoms. The highest BCUT2D eigenvalue weighted by molar-refractivity contribution is 6.29. The van der Waals surface area contributed by atoms with E-state index in [1.54, 1.807) is 0 Å². The zero-order chi connectivity index (χ0) is 13.3. The van der Waals surface area contributed by atoms with Gasteiger partial charge in [-0.05, 0) is 39.3 Å². The lowest BCUT2D eigenvalue weighted by atomic mass is 10.0. The summed E-state index contributed by atoms with van der Waals surface area (Å²) in [5, 5.41) is 1.45. The summed E-state index contributed by atoms with van der Waals surface area (Å²) >= 11 is 5.82. The third kappa shape index (κ3) is 2.49. The van der Waals surface area contributed by atoms with Crippen molar-refractivity contribution >= 4 is 22.5 Å². The van der Waals surface area contributed by atoms with Crippen LogP contribution in [0.15, 0.2) is 34.1 Å². The molecule has 0 aliphatic heterocycles. The Balaban J connectivity index is 2.67. The van der Waals surface area contributed by atoms with Crippen LogP contribution in [0.2, 0.25) is 0 Å². The van der Waals surface area contributed by atoms with E-state index in [0.29, 0.717) is 11.5 Å². The van der Waals surface area contributed by atoms with E-state index in [9.17, 15) is 4.79 Å². The molecular weight excluding hydrogens is 246 g/mol. The molecule has 0 radical (unpaired) electrons. The predicted molar refractivity (Wildman–Crippen MR) is 77.4 cm³/mol. The quantitative estimate of drug-likeness (QED) is 0.876. The van der Waals surface area contributed by atoms with Crippen molar-refractivity contribution in [2.75, 3.05) is 0 Å². The lowest BCUT2D eigenvalue weighted by Crippen LogP contribution is -2.12. The Bertz CT molecular complexity index is 679. The summed E-state index contributed by atoms with van der Waals surface area (Å²) in [6, 6.07) is 5.88. The summed E-state index contributed by atoms with van der Waals surface area (Å²) in [6.45, 7) is 5.73. The van der Waals surface area contributed by atoms with E-state index in [2.05, 4.69) is 4.98 Å². The van der Waals surface area contributed by atoms with Gasteiger partial charge in [0.25, 0.3) is 0 Å². The van der Waals surface area contributed by atoms with Gasteiger partial charge in [-0.25, -0.2) is 0 Å². The minimum Gasteiger partial charge on any atom is -0.358 e. The maximum Gasteiger partial charge on any atom is 0.193 e. The summed E-state index contributed by atoms with van der Waals surface area (Å²) in [6.07, 6.45) is 2.43. The Kier molecular flexibility index (Phi) is 3.58. The van der Waals surface area contributed by atoms with Gasteiger partial charge in [0.1, 0.15) is 0 Å². The van der Waals surface area contributed by atoms with Crippen LogP contribution >= 0.6 is 11.6 Å². The van der Waals surface area contributed by atoms with E-state index >= 15 is 0 Å². The maximum atomic E-state index is 12.4. The number of rotatable bonds is 2. The van der Waals surface area contributed by atoms with E-state index in [1.165, 1.54) is 0 Å². The van der Waals surface area contributed by atoms with Gasteiger partial charge < -0.3 is 4.98 Å². The van der Waals surface area contributed by atoms with E-state index in [1.807, 2.05) is 45.0 Å². The van der Waals surface area contributed by atoms with Gasteiger partial charge in [-0.2, -0.15) is 0 Å². The first-order valence-corrected chi connectivity index (χ1v) is 6.31. The summed E-state index contributed by atoms with van der Waals surface area (Å²) in [5.74, 6) is 0. The first-order chi connectivity index (χ1) is 8.49. The van der Waals surface area contributed by atoms with Crippen molar-refractivity contribution in [3.8, 4) is 0 Å². The van der Waals surface area contributed by atoms with Crippen LogP contribution in [0.5, 0.6) is 0 Å². The van der Waals surface area contributed by atoms with Crippen LogP contribution in [0.1, 0.15) is 23.7 Å². The van der Waals surface area contributed by atoms with Crippen molar-refractivity contribution in [3.63, 3.8) is 0 Å². The number of halogens is 1. The second kappa shape index (κ2) is 4.99. The van der Waals surface area contributed by atoms with Gasteiger partial charge in [0.15, 0.2) is 5.43 Å². The van der Waals surface area contributed by atoms with E-state index in [0.717, 1.165) is 27.7 Å². The summed E-state index contributed by atoms with van der Waals surface area (Å²) in [4.78, 5) is 15.7. The number of hydrogen-bond donors (Lipinski definition) is 1. The fourth-order valence-corrected chi connectivity index (χ4v) is 2.13. The van der Waals surface area contributed by atoms with Gasteiger partial charge >= 0.3 is 0 Å². The Hall–Kier alpha value is -1.54. The van der Waals surface area contributed by atoms with Gasteiger partial charge in [-0.15, -0.1) is 0 Å². The van der Waals surface area contributed by atoms with Gasteiger partial charge in [0.2, 0.25) is 0 Å². The van der Waals surface area contributed by atoms with Crippen molar-refractivity contribution in [2.24, 2.45) is 0 Å². The lowest BCUT2D eigenvalue weighted by Gasteiger charge is -2.07. The molecule has 1 aromatic carbocycles. The maximum absolute atomic E-state index is 12.4. The Morgan fingerprint density at radius 3 is 2.78 bits per heavy atom. The van der Waals surface area contributed by atoms with E-state index < -0.39 is 0 Å². The number of aromatic nitrogens is 1. The zero-order valence-electron chi connectivity index (χ0n) is 10.8. The van der Waals surface area contributed by atoms with Crippen LogP contribution in [0, 0.1) is 13.8 Å². The van der Waals surface area contributed by atoms with Crippen LogP contribution in [-0.4, -0.2) is 4.98 Å². The molecule has 0 saturated carbocycles. The minimum absolute atomic E-state index is 0.0964. The number of benzene rings is 1. The molecule has 0 unspecified atom stereocenters. The molecule has 0 fully saturated rings. The fourth-order valence-electron chi connectivity index (χ4n) is 2.05. The summed E-state index contributed by atoms with van der Waals surface area (Å²) in [7, 11) is 0. The van der Waals surface area contributed by atoms with Gasteiger partial charge in [-0.3, -0.25) is 4.79 Å². The molecular formula is C15H16ClNO. The number of fused-ring (bicyclic) bond motifs is 1. The number of hydrogen-bond acceptors (Lipinski definition) is 1. The standard InChI is InChI=1S/C15H16ClNO/c1-9-4-7-14-13(8-9)15(18)12(11(3)17-14)6-5-10(2)16/h4-5,7-8H,6H2,1-3H3,(H,17,18)/b10-5+. The molecule has 0 bridgehead atoms. The van der Waals surface area contributed by atoms with Crippen LogP contribution in [0.3, 0.4) is 0 Å². The molecule has 2 rings (SSSR count).